The standard InChI is InChI=1S/C17H8ClF3N4O/c18-12-7-10(9-22)1-2-13(12)26-15-8-14(17(19,20)21)24-16(25-15)11-3-5-23-6-4-11/h1-8H. The summed E-state index contributed by atoms with van der Waals surface area (Å²) >= 11 is 5.99. The van der Waals surface area contributed by atoms with E-state index in [1.54, 1.807) is 0 Å². The van der Waals surface area contributed by atoms with Crippen LogP contribution in [0.2, 0.25) is 5.02 Å². The Hall–Kier alpha value is -3.18. The monoisotopic (exact) mass is 376 g/mol. The summed E-state index contributed by atoms with van der Waals surface area (Å²) in [5.41, 5.74) is -0.514. The fraction of sp³-hybridized carbons (Fsp3) is 0.0588. The number of ether oxygens (including phenoxy) is 1. The highest BCUT2D eigenvalue weighted by Crippen LogP contribution is 2.34. The van der Waals surface area contributed by atoms with Gasteiger partial charge in [0, 0.05) is 24.0 Å². The van der Waals surface area contributed by atoms with Gasteiger partial charge in [0.05, 0.1) is 16.7 Å². The molecule has 0 atom stereocenters. The molecule has 0 aliphatic heterocycles. The lowest BCUT2D eigenvalue weighted by atomic mass is 10.2. The largest absolute Gasteiger partial charge is 0.437 e. The number of hydrogen-bond acceptors (Lipinski definition) is 5. The number of alkyl halides is 3. The number of pyridine rings is 1. The average Bonchev–Trinajstić information content (AvgIpc) is 2.63. The number of aromatic nitrogens is 3. The fourth-order valence-corrected chi connectivity index (χ4v) is 2.24. The van der Waals surface area contributed by atoms with Crippen LogP contribution >= 0.6 is 11.6 Å². The molecular weight excluding hydrogens is 369 g/mol. The van der Waals surface area contributed by atoms with E-state index >= 15 is 0 Å². The van der Waals surface area contributed by atoms with Crippen molar-refractivity contribution >= 4 is 11.6 Å². The number of rotatable bonds is 3. The molecule has 0 fully saturated rings. The lowest BCUT2D eigenvalue weighted by molar-refractivity contribution is -0.141. The molecule has 0 saturated carbocycles. The van der Waals surface area contributed by atoms with Crippen molar-refractivity contribution in [2.24, 2.45) is 0 Å². The van der Waals surface area contributed by atoms with Gasteiger partial charge in [-0.1, -0.05) is 11.6 Å². The maximum atomic E-state index is 13.2. The Balaban J connectivity index is 2.05. The van der Waals surface area contributed by atoms with Crippen LogP contribution in [0, 0.1) is 11.3 Å². The number of nitrogens with zero attached hydrogens (tertiary/aromatic N) is 4. The first-order valence-electron chi connectivity index (χ1n) is 7.11. The smallest absolute Gasteiger partial charge is 0.433 e. The van der Waals surface area contributed by atoms with E-state index in [4.69, 9.17) is 21.6 Å². The van der Waals surface area contributed by atoms with Gasteiger partial charge in [-0.15, -0.1) is 0 Å². The Labute approximate surface area is 150 Å². The second-order valence-corrected chi connectivity index (χ2v) is 5.41. The first-order valence-corrected chi connectivity index (χ1v) is 7.49. The molecule has 2 aromatic heterocycles. The Bertz CT molecular complexity index is 988. The highest BCUT2D eigenvalue weighted by atomic mass is 35.5. The van der Waals surface area contributed by atoms with Gasteiger partial charge >= 0.3 is 6.18 Å². The summed E-state index contributed by atoms with van der Waals surface area (Å²) < 4.78 is 44.9. The molecule has 26 heavy (non-hydrogen) atoms. The van der Waals surface area contributed by atoms with E-state index in [1.807, 2.05) is 6.07 Å². The minimum absolute atomic E-state index is 0.0677. The van der Waals surface area contributed by atoms with Crippen molar-refractivity contribution < 1.29 is 17.9 Å². The molecule has 0 bridgehead atoms. The van der Waals surface area contributed by atoms with Crippen LogP contribution in [-0.4, -0.2) is 15.0 Å². The molecule has 5 nitrogen and oxygen atoms in total. The van der Waals surface area contributed by atoms with Crippen molar-refractivity contribution in [2.75, 3.05) is 0 Å². The lowest BCUT2D eigenvalue weighted by Gasteiger charge is -2.12. The van der Waals surface area contributed by atoms with Crippen LogP contribution in [0.4, 0.5) is 13.2 Å². The van der Waals surface area contributed by atoms with Gasteiger partial charge in [-0.25, -0.2) is 4.98 Å². The van der Waals surface area contributed by atoms with E-state index in [0.29, 0.717) is 17.2 Å². The Morgan fingerprint density at radius 1 is 1.04 bits per heavy atom. The summed E-state index contributed by atoms with van der Waals surface area (Å²) in [5, 5.41) is 8.90. The number of halogens is 4. The Morgan fingerprint density at radius 3 is 2.38 bits per heavy atom. The Morgan fingerprint density at radius 2 is 1.77 bits per heavy atom. The third kappa shape index (κ3) is 3.90. The quantitative estimate of drug-likeness (QED) is 0.651. The normalized spacial score (nSPS) is 11.0. The Kier molecular flexibility index (Phi) is 4.73. The second-order valence-electron chi connectivity index (χ2n) is 5.01. The fourth-order valence-electron chi connectivity index (χ4n) is 2.02. The predicted octanol–water partition coefficient (Wildman–Crippen LogP) is 4.87. The van der Waals surface area contributed by atoms with E-state index in [0.717, 1.165) is 0 Å². The highest BCUT2D eigenvalue weighted by molar-refractivity contribution is 6.32. The van der Waals surface area contributed by atoms with Gasteiger partial charge in [-0.3, -0.25) is 4.98 Å². The molecule has 0 saturated heterocycles. The minimum atomic E-state index is -4.68. The van der Waals surface area contributed by atoms with E-state index < -0.39 is 11.9 Å². The van der Waals surface area contributed by atoms with Crippen LogP contribution in [0.25, 0.3) is 11.4 Å². The van der Waals surface area contributed by atoms with Crippen molar-refractivity contribution in [1.82, 2.24) is 15.0 Å². The van der Waals surface area contributed by atoms with Crippen molar-refractivity contribution in [3.8, 4) is 29.1 Å². The number of hydrogen-bond donors (Lipinski definition) is 0. The molecular formula is C17H8ClF3N4O. The SMILES string of the molecule is N#Cc1ccc(Oc2cc(C(F)(F)F)nc(-c3ccncc3)n2)c(Cl)c1. The number of benzene rings is 1. The van der Waals surface area contributed by atoms with Gasteiger partial charge in [-0.2, -0.15) is 23.4 Å². The van der Waals surface area contributed by atoms with Gasteiger partial charge in [0.25, 0.3) is 0 Å². The van der Waals surface area contributed by atoms with Gasteiger partial charge < -0.3 is 4.74 Å². The molecule has 0 amide bonds. The summed E-state index contributed by atoms with van der Waals surface area (Å²) in [4.78, 5) is 11.4. The zero-order chi connectivity index (χ0) is 18.7. The first kappa shape index (κ1) is 17.6. The van der Waals surface area contributed by atoms with E-state index in [1.165, 1.54) is 42.7 Å². The third-order valence-corrected chi connectivity index (χ3v) is 3.50. The summed E-state index contributed by atoms with van der Waals surface area (Å²) in [5.74, 6) is -0.425. The van der Waals surface area contributed by atoms with E-state index in [9.17, 15) is 13.2 Å². The van der Waals surface area contributed by atoms with Gasteiger partial charge in [0.2, 0.25) is 5.88 Å². The minimum Gasteiger partial charge on any atom is -0.437 e. The molecule has 9 heteroatoms. The zero-order valence-corrected chi connectivity index (χ0v) is 13.6. The summed E-state index contributed by atoms with van der Waals surface area (Å²) in [6.45, 7) is 0. The molecule has 0 unspecified atom stereocenters. The maximum absolute atomic E-state index is 13.2. The van der Waals surface area contributed by atoms with E-state index in [2.05, 4.69) is 15.0 Å². The van der Waals surface area contributed by atoms with Crippen LogP contribution in [0.1, 0.15) is 11.3 Å². The van der Waals surface area contributed by atoms with Crippen LogP contribution in [0.5, 0.6) is 11.6 Å². The molecule has 0 radical (unpaired) electrons. The molecule has 0 N–H and O–H groups in total. The van der Waals surface area contributed by atoms with Crippen LogP contribution in [0.3, 0.4) is 0 Å². The molecule has 3 aromatic rings. The van der Waals surface area contributed by atoms with Crippen molar-refractivity contribution in [3.63, 3.8) is 0 Å². The molecule has 1 aromatic carbocycles. The topological polar surface area (TPSA) is 71.7 Å². The third-order valence-electron chi connectivity index (χ3n) is 3.21. The lowest BCUT2D eigenvalue weighted by Crippen LogP contribution is -2.10. The molecule has 0 aliphatic carbocycles. The predicted molar refractivity (Wildman–Crippen MR) is 86.5 cm³/mol. The van der Waals surface area contributed by atoms with Crippen LogP contribution in [0.15, 0.2) is 48.8 Å². The highest BCUT2D eigenvalue weighted by Gasteiger charge is 2.34. The van der Waals surface area contributed by atoms with Gasteiger partial charge in [-0.05, 0) is 30.3 Å². The maximum Gasteiger partial charge on any atom is 0.433 e. The van der Waals surface area contributed by atoms with Crippen molar-refractivity contribution in [2.45, 2.75) is 6.18 Å². The summed E-state index contributed by atoms with van der Waals surface area (Å²) in [6.07, 6.45) is -1.86. The first-order chi connectivity index (χ1) is 12.4. The van der Waals surface area contributed by atoms with E-state index in [-0.39, 0.29) is 22.5 Å². The zero-order valence-electron chi connectivity index (χ0n) is 12.8. The number of nitriles is 1. The molecule has 2 heterocycles. The van der Waals surface area contributed by atoms with Crippen LogP contribution in [-0.2, 0) is 6.18 Å². The van der Waals surface area contributed by atoms with Crippen molar-refractivity contribution in [3.05, 3.63) is 65.1 Å². The molecule has 130 valence electrons. The van der Waals surface area contributed by atoms with Crippen LogP contribution < -0.4 is 4.74 Å². The molecule has 0 spiro atoms. The second kappa shape index (κ2) is 6.98. The van der Waals surface area contributed by atoms with Gasteiger partial charge in [0.1, 0.15) is 5.75 Å². The van der Waals surface area contributed by atoms with Gasteiger partial charge in [0.15, 0.2) is 11.5 Å². The molecule has 0 aliphatic rings. The average molecular weight is 377 g/mol. The van der Waals surface area contributed by atoms with Crippen molar-refractivity contribution in [1.29, 1.82) is 5.26 Å². The molecule has 3 rings (SSSR count). The summed E-state index contributed by atoms with van der Waals surface area (Å²) in [6, 6.07) is 9.68. The summed E-state index contributed by atoms with van der Waals surface area (Å²) in [7, 11) is 0.